The largest absolute Gasteiger partial charge is 0.184 e. The van der Waals surface area contributed by atoms with Crippen LogP contribution in [0.2, 0.25) is 0 Å². The van der Waals surface area contributed by atoms with Gasteiger partial charge in [-0.15, -0.1) is 16.7 Å². The molecule has 0 atom stereocenters. The van der Waals surface area contributed by atoms with E-state index in [0.29, 0.717) is 5.88 Å². The second-order valence-corrected chi connectivity index (χ2v) is 2.78. The number of nitrogens with zero attached hydrogens (tertiary/aromatic N) is 3. The van der Waals surface area contributed by atoms with Gasteiger partial charge >= 0.3 is 0 Å². The van der Waals surface area contributed by atoms with Crippen LogP contribution in [-0.2, 0) is 12.4 Å². The van der Waals surface area contributed by atoms with Crippen molar-refractivity contribution in [3.05, 3.63) is 10.3 Å². The monoisotopic (exact) mass is 223 g/mol. The molecular formula is C5H7BrClN3. The first-order valence-corrected chi connectivity index (χ1v) is 4.26. The third kappa shape index (κ3) is 1.49. The van der Waals surface area contributed by atoms with Crippen LogP contribution in [0.15, 0.2) is 4.60 Å². The Balaban J connectivity index is 2.92. The molecule has 1 aromatic heterocycles. The van der Waals surface area contributed by atoms with Gasteiger partial charge in [0.2, 0.25) is 0 Å². The van der Waals surface area contributed by atoms with Crippen LogP contribution in [0.5, 0.6) is 0 Å². The SMILES string of the molecule is CCn1nc(Br)c(CCl)n1. The minimum atomic E-state index is 0.403. The Morgan fingerprint density at radius 3 is 2.60 bits per heavy atom. The van der Waals surface area contributed by atoms with E-state index in [1.807, 2.05) is 6.92 Å². The van der Waals surface area contributed by atoms with Crippen molar-refractivity contribution in [1.29, 1.82) is 0 Å². The van der Waals surface area contributed by atoms with Gasteiger partial charge in [-0.25, -0.2) is 0 Å². The average molecular weight is 224 g/mol. The van der Waals surface area contributed by atoms with Crippen molar-refractivity contribution in [1.82, 2.24) is 15.0 Å². The Kier molecular flexibility index (Phi) is 2.68. The van der Waals surface area contributed by atoms with Gasteiger partial charge in [0.25, 0.3) is 0 Å². The number of halogens is 2. The lowest BCUT2D eigenvalue weighted by Crippen LogP contribution is -1.98. The summed E-state index contributed by atoms with van der Waals surface area (Å²) in [6, 6.07) is 0. The number of alkyl halides is 1. The maximum atomic E-state index is 5.56. The maximum Gasteiger partial charge on any atom is 0.152 e. The fourth-order valence-electron chi connectivity index (χ4n) is 0.585. The molecule has 0 spiro atoms. The fraction of sp³-hybridized carbons (Fsp3) is 0.600. The number of aromatic nitrogens is 3. The van der Waals surface area contributed by atoms with Gasteiger partial charge in [0.1, 0.15) is 5.69 Å². The maximum absolute atomic E-state index is 5.56. The predicted molar refractivity (Wildman–Crippen MR) is 43.0 cm³/mol. The van der Waals surface area contributed by atoms with Crippen LogP contribution in [0.1, 0.15) is 12.6 Å². The molecule has 56 valence electrons. The lowest BCUT2D eigenvalue weighted by atomic mass is 10.6. The molecular weight excluding hydrogens is 217 g/mol. The lowest BCUT2D eigenvalue weighted by molar-refractivity contribution is 0.564. The second kappa shape index (κ2) is 3.34. The van der Waals surface area contributed by atoms with E-state index in [1.54, 1.807) is 4.80 Å². The molecule has 0 aliphatic rings. The summed E-state index contributed by atoms with van der Waals surface area (Å²) in [6.07, 6.45) is 0. The van der Waals surface area contributed by atoms with Gasteiger partial charge in [-0.3, -0.25) is 0 Å². The van der Waals surface area contributed by atoms with Crippen molar-refractivity contribution in [3.63, 3.8) is 0 Å². The number of hydrogen-bond acceptors (Lipinski definition) is 2. The second-order valence-electron chi connectivity index (χ2n) is 1.76. The van der Waals surface area contributed by atoms with E-state index in [1.165, 1.54) is 0 Å². The Bertz CT molecular complexity index is 223. The highest BCUT2D eigenvalue weighted by Gasteiger charge is 2.04. The summed E-state index contributed by atoms with van der Waals surface area (Å²) in [6.45, 7) is 2.75. The molecule has 0 bridgehead atoms. The van der Waals surface area contributed by atoms with Gasteiger partial charge in [-0.05, 0) is 22.9 Å². The predicted octanol–water partition coefficient (Wildman–Crippen LogP) is 1.80. The van der Waals surface area contributed by atoms with E-state index in [4.69, 9.17) is 11.6 Å². The Morgan fingerprint density at radius 2 is 2.30 bits per heavy atom. The third-order valence-corrected chi connectivity index (χ3v) is 1.96. The van der Waals surface area contributed by atoms with Crippen molar-refractivity contribution in [2.45, 2.75) is 19.3 Å². The number of rotatable bonds is 2. The Labute approximate surface area is 72.5 Å². The Hall–Kier alpha value is -0.0900. The van der Waals surface area contributed by atoms with E-state index >= 15 is 0 Å². The molecule has 0 aromatic carbocycles. The smallest absolute Gasteiger partial charge is 0.152 e. The summed E-state index contributed by atoms with van der Waals surface area (Å²) in [5, 5.41) is 8.11. The molecule has 1 heterocycles. The topological polar surface area (TPSA) is 30.7 Å². The minimum Gasteiger partial charge on any atom is -0.184 e. The third-order valence-electron chi connectivity index (χ3n) is 1.09. The molecule has 1 rings (SSSR count). The molecule has 0 unspecified atom stereocenters. The molecule has 1 aromatic rings. The van der Waals surface area contributed by atoms with Crippen molar-refractivity contribution in [2.75, 3.05) is 0 Å². The van der Waals surface area contributed by atoms with Gasteiger partial charge in [0.05, 0.1) is 12.4 Å². The number of hydrogen-bond donors (Lipinski definition) is 0. The molecule has 10 heavy (non-hydrogen) atoms. The lowest BCUT2D eigenvalue weighted by Gasteiger charge is -1.87. The zero-order chi connectivity index (χ0) is 7.56. The van der Waals surface area contributed by atoms with E-state index in [0.717, 1.165) is 16.8 Å². The summed E-state index contributed by atoms with van der Waals surface area (Å²) < 4.78 is 0.740. The van der Waals surface area contributed by atoms with Crippen LogP contribution in [0.3, 0.4) is 0 Å². The molecule has 0 fully saturated rings. The summed E-state index contributed by atoms with van der Waals surface area (Å²) in [7, 11) is 0. The molecule has 0 radical (unpaired) electrons. The van der Waals surface area contributed by atoms with Crippen LogP contribution < -0.4 is 0 Å². The first-order valence-electron chi connectivity index (χ1n) is 2.93. The van der Waals surface area contributed by atoms with Crippen LogP contribution in [0, 0.1) is 0 Å². The highest BCUT2D eigenvalue weighted by Crippen LogP contribution is 2.12. The van der Waals surface area contributed by atoms with Gasteiger partial charge in [0, 0.05) is 0 Å². The highest BCUT2D eigenvalue weighted by atomic mass is 79.9. The zero-order valence-electron chi connectivity index (χ0n) is 5.51. The van der Waals surface area contributed by atoms with Crippen molar-refractivity contribution in [3.8, 4) is 0 Å². The minimum absolute atomic E-state index is 0.403. The molecule has 5 heteroatoms. The molecule has 0 aliphatic carbocycles. The molecule has 0 saturated carbocycles. The van der Waals surface area contributed by atoms with Crippen molar-refractivity contribution < 1.29 is 0 Å². The van der Waals surface area contributed by atoms with Crippen molar-refractivity contribution in [2.24, 2.45) is 0 Å². The molecule has 0 N–H and O–H groups in total. The van der Waals surface area contributed by atoms with Crippen LogP contribution in [-0.4, -0.2) is 15.0 Å². The summed E-state index contributed by atoms with van der Waals surface area (Å²) >= 11 is 8.80. The normalized spacial score (nSPS) is 10.3. The van der Waals surface area contributed by atoms with Gasteiger partial charge in [-0.2, -0.15) is 9.90 Å². The van der Waals surface area contributed by atoms with Crippen LogP contribution in [0.25, 0.3) is 0 Å². The molecule has 0 saturated heterocycles. The summed E-state index contributed by atoms with van der Waals surface area (Å²) in [5.41, 5.74) is 0.795. The number of aryl methyl sites for hydroxylation is 1. The standard InChI is InChI=1S/C5H7BrClN3/c1-2-10-8-4(3-7)5(6)9-10/h2-3H2,1H3. The van der Waals surface area contributed by atoms with Crippen LogP contribution in [0.4, 0.5) is 0 Å². The van der Waals surface area contributed by atoms with E-state index < -0.39 is 0 Å². The highest BCUT2D eigenvalue weighted by molar-refractivity contribution is 9.10. The zero-order valence-corrected chi connectivity index (χ0v) is 7.85. The Morgan fingerprint density at radius 1 is 1.60 bits per heavy atom. The van der Waals surface area contributed by atoms with Gasteiger partial charge < -0.3 is 0 Å². The van der Waals surface area contributed by atoms with Crippen LogP contribution >= 0.6 is 27.5 Å². The summed E-state index contributed by atoms with van der Waals surface area (Å²) in [5.74, 6) is 0.403. The molecule has 0 aliphatic heterocycles. The van der Waals surface area contributed by atoms with E-state index in [2.05, 4.69) is 26.1 Å². The van der Waals surface area contributed by atoms with Crippen molar-refractivity contribution >= 4 is 27.5 Å². The van der Waals surface area contributed by atoms with Gasteiger partial charge in [-0.1, -0.05) is 0 Å². The summed E-state index contributed by atoms with van der Waals surface area (Å²) in [4.78, 5) is 1.60. The average Bonchev–Trinajstić information content (AvgIpc) is 2.30. The van der Waals surface area contributed by atoms with E-state index in [-0.39, 0.29) is 0 Å². The first kappa shape index (κ1) is 8.01. The van der Waals surface area contributed by atoms with Gasteiger partial charge in [0.15, 0.2) is 4.60 Å². The molecule has 3 nitrogen and oxygen atoms in total. The quantitative estimate of drug-likeness (QED) is 0.717. The fourth-order valence-corrected chi connectivity index (χ4v) is 1.33. The van der Waals surface area contributed by atoms with E-state index in [9.17, 15) is 0 Å². The first-order chi connectivity index (χ1) is 4.77. The molecule has 0 amide bonds.